The summed E-state index contributed by atoms with van der Waals surface area (Å²) in [5, 5.41) is 21.5. The van der Waals surface area contributed by atoms with Crippen LogP contribution in [0.3, 0.4) is 0 Å². The fourth-order valence-electron chi connectivity index (χ4n) is 3.48. The molecule has 0 radical (unpaired) electrons. The summed E-state index contributed by atoms with van der Waals surface area (Å²) in [4.78, 5) is 25.6. The number of hydrogen-bond donors (Lipinski definition) is 3. The molecule has 3 rings (SSSR count). The Kier molecular flexibility index (Phi) is 6.09. The largest absolute Gasteiger partial charge is 0.505 e. The normalized spacial score (nSPS) is 12.2. The van der Waals surface area contributed by atoms with Crippen molar-refractivity contribution < 1.29 is 28.6 Å². The van der Waals surface area contributed by atoms with Crippen LogP contribution in [-0.2, 0) is 4.79 Å². The number of nitrogens with zero attached hydrogens (tertiary/aromatic N) is 1. The van der Waals surface area contributed by atoms with Crippen molar-refractivity contribution in [2.75, 3.05) is 13.2 Å². The van der Waals surface area contributed by atoms with Crippen molar-refractivity contribution in [2.45, 2.75) is 19.8 Å². The summed E-state index contributed by atoms with van der Waals surface area (Å²) in [5.74, 6) is -4.20. The standard InChI is InChI=1S/C21H19ClF2N2O4/c1-10(20(29)25-5-6-27)19-11(2)26(17-9-16(24)18(28)8-13(17)19)21(30)12-3-4-14(22)15(23)7-12/h3-4,7-10,27-28H,5-6H2,1-2H3,(H,25,29). The number of aliphatic hydroxyl groups excluding tert-OH is 1. The Morgan fingerprint density at radius 1 is 1.20 bits per heavy atom. The summed E-state index contributed by atoms with van der Waals surface area (Å²) in [5.41, 5.74) is 0.842. The number of phenolic OH excluding ortho intramolecular Hbond substituents is 1. The van der Waals surface area contributed by atoms with Crippen LogP contribution in [0.5, 0.6) is 5.75 Å². The van der Waals surface area contributed by atoms with Gasteiger partial charge in [-0.3, -0.25) is 14.2 Å². The number of aromatic nitrogens is 1. The van der Waals surface area contributed by atoms with E-state index in [9.17, 15) is 23.5 Å². The van der Waals surface area contributed by atoms with Crippen molar-refractivity contribution in [3.05, 3.63) is 63.8 Å². The second kappa shape index (κ2) is 8.41. The van der Waals surface area contributed by atoms with Crippen LogP contribution in [-0.4, -0.2) is 39.7 Å². The van der Waals surface area contributed by atoms with E-state index in [0.717, 1.165) is 18.2 Å². The molecule has 0 fully saturated rings. The zero-order valence-corrected chi connectivity index (χ0v) is 16.9. The van der Waals surface area contributed by atoms with E-state index in [0.29, 0.717) is 16.6 Å². The molecule has 1 heterocycles. The lowest BCUT2D eigenvalue weighted by Gasteiger charge is -2.13. The van der Waals surface area contributed by atoms with Crippen LogP contribution in [0.2, 0.25) is 5.02 Å². The number of aliphatic hydroxyl groups is 1. The number of amides is 1. The second-order valence-corrected chi connectivity index (χ2v) is 7.23. The topological polar surface area (TPSA) is 91.6 Å². The molecule has 3 aromatic rings. The number of hydrogen-bond acceptors (Lipinski definition) is 4. The summed E-state index contributed by atoms with van der Waals surface area (Å²) < 4.78 is 29.2. The van der Waals surface area contributed by atoms with Crippen LogP contribution in [0.25, 0.3) is 10.9 Å². The number of nitrogens with one attached hydrogen (secondary N) is 1. The van der Waals surface area contributed by atoms with E-state index in [-0.39, 0.29) is 29.3 Å². The molecule has 1 unspecified atom stereocenters. The van der Waals surface area contributed by atoms with Crippen molar-refractivity contribution in [1.29, 1.82) is 0 Å². The van der Waals surface area contributed by atoms with Crippen molar-refractivity contribution in [1.82, 2.24) is 9.88 Å². The molecular weight excluding hydrogens is 418 g/mol. The van der Waals surface area contributed by atoms with E-state index in [1.807, 2.05) is 0 Å². The van der Waals surface area contributed by atoms with Crippen LogP contribution >= 0.6 is 11.6 Å². The molecule has 30 heavy (non-hydrogen) atoms. The fraction of sp³-hybridized carbons (Fsp3) is 0.238. The summed E-state index contributed by atoms with van der Waals surface area (Å²) in [7, 11) is 0. The third kappa shape index (κ3) is 3.76. The van der Waals surface area contributed by atoms with Gasteiger partial charge in [0.15, 0.2) is 11.6 Å². The van der Waals surface area contributed by atoms with Gasteiger partial charge in [0.25, 0.3) is 5.91 Å². The van der Waals surface area contributed by atoms with Gasteiger partial charge in [-0.1, -0.05) is 11.6 Å². The monoisotopic (exact) mass is 436 g/mol. The number of phenols is 1. The minimum absolute atomic E-state index is 0.0191. The van der Waals surface area contributed by atoms with Crippen molar-refractivity contribution in [2.24, 2.45) is 0 Å². The van der Waals surface area contributed by atoms with Crippen molar-refractivity contribution in [3.8, 4) is 5.75 Å². The molecule has 1 amide bonds. The number of carbonyl (C=O) groups excluding carboxylic acids is 2. The smallest absolute Gasteiger partial charge is 0.262 e. The fourth-order valence-corrected chi connectivity index (χ4v) is 3.60. The van der Waals surface area contributed by atoms with Gasteiger partial charge in [0.2, 0.25) is 5.91 Å². The number of benzene rings is 2. The predicted octanol–water partition coefficient (Wildman–Crippen LogP) is 3.49. The highest BCUT2D eigenvalue weighted by Crippen LogP contribution is 2.36. The summed E-state index contributed by atoms with van der Waals surface area (Å²) in [6.07, 6.45) is 0. The van der Waals surface area contributed by atoms with Gasteiger partial charge in [-0.05, 0) is 43.7 Å². The van der Waals surface area contributed by atoms with Gasteiger partial charge in [0.05, 0.1) is 23.1 Å². The summed E-state index contributed by atoms with van der Waals surface area (Å²) >= 11 is 5.69. The molecule has 158 valence electrons. The first-order chi connectivity index (χ1) is 14.2. The van der Waals surface area contributed by atoms with Crippen LogP contribution in [0, 0.1) is 18.6 Å². The van der Waals surface area contributed by atoms with E-state index in [1.54, 1.807) is 13.8 Å². The van der Waals surface area contributed by atoms with Gasteiger partial charge in [-0.25, -0.2) is 8.78 Å². The minimum Gasteiger partial charge on any atom is -0.505 e. The molecule has 0 aliphatic carbocycles. The number of carbonyl (C=O) groups is 2. The highest BCUT2D eigenvalue weighted by molar-refractivity contribution is 6.30. The lowest BCUT2D eigenvalue weighted by atomic mass is 9.97. The third-order valence-electron chi connectivity index (χ3n) is 4.93. The zero-order chi connectivity index (χ0) is 22.2. The maximum absolute atomic E-state index is 14.1. The van der Waals surface area contributed by atoms with E-state index in [1.165, 1.54) is 16.7 Å². The highest BCUT2D eigenvalue weighted by atomic mass is 35.5. The first-order valence-electron chi connectivity index (χ1n) is 9.09. The molecule has 0 bridgehead atoms. The Labute approximate surface area is 175 Å². The van der Waals surface area contributed by atoms with Gasteiger partial charge in [-0.2, -0.15) is 0 Å². The Hall–Kier alpha value is -2.97. The van der Waals surface area contributed by atoms with E-state index in [2.05, 4.69) is 5.32 Å². The highest BCUT2D eigenvalue weighted by Gasteiger charge is 2.27. The Morgan fingerprint density at radius 2 is 1.90 bits per heavy atom. The average Bonchev–Trinajstić information content (AvgIpc) is 2.98. The van der Waals surface area contributed by atoms with E-state index >= 15 is 0 Å². The maximum atomic E-state index is 14.1. The number of halogens is 3. The average molecular weight is 437 g/mol. The minimum atomic E-state index is -0.944. The molecular formula is C21H19ClF2N2O4. The molecule has 0 aliphatic rings. The van der Waals surface area contributed by atoms with E-state index < -0.39 is 35.1 Å². The van der Waals surface area contributed by atoms with Crippen molar-refractivity contribution >= 4 is 34.3 Å². The molecule has 0 saturated carbocycles. The Morgan fingerprint density at radius 3 is 2.53 bits per heavy atom. The van der Waals surface area contributed by atoms with Gasteiger partial charge < -0.3 is 15.5 Å². The Bertz CT molecular complexity index is 1160. The first kappa shape index (κ1) is 21.7. The summed E-state index contributed by atoms with van der Waals surface area (Å²) in [6.45, 7) is 2.96. The number of rotatable bonds is 5. The molecule has 1 aromatic heterocycles. The summed E-state index contributed by atoms with van der Waals surface area (Å²) in [6, 6.07) is 5.69. The molecule has 3 N–H and O–H groups in total. The van der Waals surface area contributed by atoms with Crippen LogP contribution in [0.1, 0.15) is 34.5 Å². The molecule has 9 heteroatoms. The van der Waals surface area contributed by atoms with E-state index in [4.69, 9.17) is 16.7 Å². The first-order valence-corrected chi connectivity index (χ1v) is 9.46. The van der Waals surface area contributed by atoms with Crippen LogP contribution < -0.4 is 5.32 Å². The third-order valence-corrected chi connectivity index (χ3v) is 5.23. The van der Waals surface area contributed by atoms with Crippen molar-refractivity contribution in [3.63, 3.8) is 0 Å². The molecule has 0 saturated heterocycles. The lowest BCUT2D eigenvalue weighted by Crippen LogP contribution is -2.30. The quantitative estimate of drug-likeness (QED) is 0.571. The number of aromatic hydroxyl groups is 1. The Balaban J connectivity index is 2.23. The molecule has 2 aromatic carbocycles. The SMILES string of the molecule is Cc1c(C(C)C(=O)NCCO)c2cc(O)c(F)cc2n1C(=O)c1ccc(Cl)c(F)c1. The van der Waals surface area contributed by atoms with Crippen LogP contribution in [0.4, 0.5) is 8.78 Å². The van der Waals surface area contributed by atoms with Crippen LogP contribution in [0.15, 0.2) is 30.3 Å². The molecule has 0 spiro atoms. The molecule has 0 aliphatic heterocycles. The zero-order valence-electron chi connectivity index (χ0n) is 16.2. The number of fused-ring (bicyclic) bond motifs is 1. The molecule has 1 atom stereocenters. The lowest BCUT2D eigenvalue weighted by molar-refractivity contribution is -0.122. The van der Waals surface area contributed by atoms with Gasteiger partial charge in [0, 0.05) is 29.3 Å². The second-order valence-electron chi connectivity index (χ2n) is 6.83. The molecule has 6 nitrogen and oxygen atoms in total. The maximum Gasteiger partial charge on any atom is 0.262 e. The van der Waals surface area contributed by atoms with Gasteiger partial charge >= 0.3 is 0 Å². The van der Waals surface area contributed by atoms with Gasteiger partial charge in [0.1, 0.15) is 5.82 Å². The van der Waals surface area contributed by atoms with Gasteiger partial charge in [-0.15, -0.1) is 0 Å². The predicted molar refractivity (Wildman–Crippen MR) is 108 cm³/mol.